The topological polar surface area (TPSA) is 68.9 Å². The fourth-order valence-electron chi connectivity index (χ4n) is 1.36. The van der Waals surface area contributed by atoms with Crippen LogP contribution in [0.3, 0.4) is 0 Å². The average molecular weight is 397 g/mol. The highest BCUT2D eigenvalue weighted by atomic mass is 127. The highest BCUT2D eigenvalue weighted by molar-refractivity contribution is 14.0. The second-order valence-electron chi connectivity index (χ2n) is 4.00. The number of aliphatic imine (C=N–C) groups is 1. The van der Waals surface area contributed by atoms with Crippen molar-refractivity contribution in [3.8, 4) is 5.75 Å². The zero-order valence-corrected chi connectivity index (χ0v) is 14.0. The molecule has 0 saturated heterocycles. The number of para-hydroxylation sites is 1. The van der Waals surface area contributed by atoms with Crippen LogP contribution in [-0.2, 0) is 4.74 Å². The average Bonchev–Trinajstić information content (AvgIpc) is 2.39. The Morgan fingerprint density at radius 3 is 2.80 bits per heavy atom. The summed E-state index contributed by atoms with van der Waals surface area (Å²) in [5.41, 5.74) is 5.64. The van der Waals surface area contributed by atoms with Crippen LogP contribution in [0.5, 0.6) is 5.75 Å². The van der Waals surface area contributed by atoms with Crippen LogP contribution in [0, 0.1) is 5.82 Å². The lowest BCUT2D eigenvalue weighted by molar-refractivity contribution is 0.203. The molecule has 0 saturated carbocycles. The molecule has 0 radical (unpaired) electrons. The van der Waals surface area contributed by atoms with Crippen molar-refractivity contribution in [2.45, 2.75) is 13.0 Å². The molecule has 0 fully saturated rings. The molecule has 0 aliphatic carbocycles. The van der Waals surface area contributed by atoms with Gasteiger partial charge in [-0.15, -0.1) is 24.0 Å². The fourth-order valence-corrected chi connectivity index (χ4v) is 1.36. The normalized spacial score (nSPS) is 12.4. The maximum atomic E-state index is 13.3. The summed E-state index contributed by atoms with van der Waals surface area (Å²) in [5.74, 6) is 0.154. The smallest absolute Gasteiger partial charge is 0.188 e. The standard InChI is InChI=1S/C13H20FN3O2.HI/c1-10(9-17-13(15)16-7-8-18-2)19-12-6-4-3-5-11(12)14;/h3-6,10H,7-9H2,1-2H3,(H3,15,16,17);1H. The van der Waals surface area contributed by atoms with Crippen LogP contribution >= 0.6 is 24.0 Å². The first kappa shape index (κ1) is 18.9. The van der Waals surface area contributed by atoms with E-state index in [1.807, 2.05) is 0 Å². The van der Waals surface area contributed by atoms with Crippen molar-refractivity contribution < 1.29 is 13.9 Å². The van der Waals surface area contributed by atoms with Gasteiger partial charge in [0, 0.05) is 13.7 Å². The van der Waals surface area contributed by atoms with Crippen molar-refractivity contribution in [2.24, 2.45) is 10.7 Å². The van der Waals surface area contributed by atoms with Crippen molar-refractivity contribution >= 4 is 29.9 Å². The van der Waals surface area contributed by atoms with Crippen LogP contribution < -0.4 is 15.8 Å². The van der Waals surface area contributed by atoms with Gasteiger partial charge in [-0.25, -0.2) is 9.38 Å². The van der Waals surface area contributed by atoms with Gasteiger partial charge in [0.2, 0.25) is 0 Å². The lowest BCUT2D eigenvalue weighted by Crippen LogP contribution is -2.35. The molecular formula is C13H21FIN3O2. The van der Waals surface area contributed by atoms with Crippen LogP contribution in [0.2, 0.25) is 0 Å². The minimum absolute atomic E-state index is 0. The van der Waals surface area contributed by atoms with Gasteiger partial charge in [0.25, 0.3) is 0 Å². The summed E-state index contributed by atoms with van der Waals surface area (Å²) < 4.78 is 23.6. The summed E-state index contributed by atoms with van der Waals surface area (Å²) in [6, 6.07) is 6.26. The molecule has 0 aliphatic rings. The van der Waals surface area contributed by atoms with Crippen LogP contribution in [-0.4, -0.2) is 38.9 Å². The Morgan fingerprint density at radius 2 is 2.15 bits per heavy atom. The molecule has 3 N–H and O–H groups in total. The predicted molar refractivity (Wildman–Crippen MR) is 88.3 cm³/mol. The summed E-state index contributed by atoms with van der Waals surface area (Å²) in [6.45, 7) is 3.30. The third-order valence-electron chi connectivity index (χ3n) is 2.30. The van der Waals surface area contributed by atoms with Crippen LogP contribution in [0.4, 0.5) is 4.39 Å². The Bertz CT molecular complexity index is 418. The van der Waals surface area contributed by atoms with Gasteiger partial charge in [-0.2, -0.15) is 0 Å². The van der Waals surface area contributed by atoms with Crippen LogP contribution in [0.15, 0.2) is 29.3 Å². The molecule has 1 aromatic rings. The summed E-state index contributed by atoms with van der Waals surface area (Å²) >= 11 is 0. The zero-order chi connectivity index (χ0) is 14.1. The monoisotopic (exact) mass is 397 g/mol. The van der Waals surface area contributed by atoms with Gasteiger partial charge in [-0.1, -0.05) is 12.1 Å². The molecule has 7 heteroatoms. The number of halogens is 2. The Labute approximate surface area is 135 Å². The molecule has 1 unspecified atom stereocenters. The summed E-state index contributed by atoms with van der Waals surface area (Å²) in [7, 11) is 1.61. The maximum Gasteiger partial charge on any atom is 0.188 e. The maximum absolute atomic E-state index is 13.3. The Balaban J connectivity index is 0.00000361. The van der Waals surface area contributed by atoms with E-state index in [1.54, 1.807) is 32.2 Å². The number of methoxy groups -OCH3 is 1. The van der Waals surface area contributed by atoms with E-state index >= 15 is 0 Å². The molecule has 0 heterocycles. The molecule has 114 valence electrons. The van der Waals surface area contributed by atoms with Crippen molar-refractivity contribution in [3.63, 3.8) is 0 Å². The van der Waals surface area contributed by atoms with Crippen molar-refractivity contribution in [2.75, 3.05) is 26.8 Å². The molecule has 0 aliphatic heterocycles. The van der Waals surface area contributed by atoms with E-state index in [0.29, 0.717) is 25.7 Å². The van der Waals surface area contributed by atoms with Crippen LogP contribution in [0.25, 0.3) is 0 Å². The number of rotatable bonds is 7. The third kappa shape index (κ3) is 7.49. The first-order valence-corrected chi connectivity index (χ1v) is 6.07. The van der Waals surface area contributed by atoms with E-state index in [0.717, 1.165) is 0 Å². The predicted octanol–water partition coefficient (Wildman–Crippen LogP) is 1.76. The molecule has 1 aromatic carbocycles. The minimum atomic E-state index is -0.385. The fraction of sp³-hybridized carbons (Fsp3) is 0.462. The van der Waals surface area contributed by atoms with E-state index in [2.05, 4.69) is 10.3 Å². The van der Waals surface area contributed by atoms with Crippen molar-refractivity contribution in [1.82, 2.24) is 5.32 Å². The number of hydrogen-bond acceptors (Lipinski definition) is 3. The number of benzene rings is 1. The highest BCUT2D eigenvalue weighted by Crippen LogP contribution is 2.16. The highest BCUT2D eigenvalue weighted by Gasteiger charge is 2.07. The number of ether oxygens (including phenoxy) is 2. The molecule has 0 spiro atoms. The van der Waals surface area contributed by atoms with Gasteiger partial charge in [0.15, 0.2) is 17.5 Å². The molecule has 1 atom stereocenters. The van der Waals surface area contributed by atoms with E-state index in [4.69, 9.17) is 15.2 Å². The summed E-state index contributed by atoms with van der Waals surface area (Å²) in [4.78, 5) is 4.10. The number of nitrogens with one attached hydrogen (secondary N) is 1. The van der Waals surface area contributed by atoms with Gasteiger partial charge in [0.1, 0.15) is 6.10 Å². The molecule has 1 rings (SSSR count). The van der Waals surface area contributed by atoms with Gasteiger partial charge in [0.05, 0.1) is 13.2 Å². The van der Waals surface area contributed by atoms with Gasteiger partial charge < -0.3 is 20.5 Å². The number of hydrogen-bond donors (Lipinski definition) is 2. The first-order chi connectivity index (χ1) is 9.13. The SMILES string of the molecule is COCCNC(N)=NCC(C)Oc1ccccc1F.I. The van der Waals surface area contributed by atoms with Crippen molar-refractivity contribution in [3.05, 3.63) is 30.1 Å². The molecule has 5 nitrogen and oxygen atoms in total. The largest absolute Gasteiger partial charge is 0.486 e. The number of nitrogens with two attached hydrogens (primary N) is 1. The molecule has 20 heavy (non-hydrogen) atoms. The zero-order valence-electron chi connectivity index (χ0n) is 11.6. The molecule has 0 amide bonds. The third-order valence-corrected chi connectivity index (χ3v) is 2.30. The van der Waals surface area contributed by atoms with Gasteiger partial charge in [-0.05, 0) is 19.1 Å². The molecule has 0 bridgehead atoms. The molecule has 0 aromatic heterocycles. The lowest BCUT2D eigenvalue weighted by Gasteiger charge is -2.13. The Hall–Kier alpha value is -1.09. The number of guanidine groups is 1. The second kappa shape index (κ2) is 10.7. The van der Waals surface area contributed by atoms with Crippen molar-refractivity contribution in [1.29, 1.82) is 0 Å². The van der Waals surface area contributed by atoms with Gasteiger partial charge >= 0.3 is 0 Å². The quantitative estimate of drug-likeness (QED) is 0.319. The van der Waals surface area contributed by atoms with E-state index in [9.17, 15) is 4.39 Å². The van der Waals surface area contributed by atoms with E-state index in [1.165, 1.54) is 6.07 Å². The second-order valence-corrected chi connectivity index (χ2v) is 4.00. The minimum Gasteiger partial charge on any atom is -0.486 e. The Morgan fingerprint density at radius 1 is 1.45 bits per heavy atom. The summed E-state index contributed by atoms with van der Waals surface area (Å²) in [6.07, 6.45) is -0.264. The molecular weight excluding hydrogens is 376 g/mol. The first-order valence-electron chi connectivity index (χ1n) is 6.07. The lowest BCUT2D eigenvalue weighted by atomic mass is 10.3. The summed E-state index contributed by atoms with van der Waals surface area (Å²) in [5, 5.41) is 2.89. The Kier molecular flexibility index (Phi) is 10.1. The van der Waals surface area contributed by atoms with E-state index in [-0.39, 0.29) is 41.6 Å². The number of nitrogens with zero attached hydrogens (tertiary/aromatic N) is 1. The van der Waals surface area contributed by atoms with Crippen LogP contribution in [0.1, 0.15) is 6.92 Å². The van der Waals surface area contributed by atoms with E-state index < -0.39 is 0 Å². The van der Waals surface area contributed by atoms with Gasteiger partial charge in [-0.3, -0.25) is 0 Å².